The Balaban J connectivity index is 1.73. The number of carbonyl (C=O) groups excluding carboxylic acids is 1. The standard InChI is InChI=1S/C24H23NO/c1-18(20-12-6-3-7-13-20)25(17-19-10-4-2-5-11-19)23-16-24(26)22-15-9-8-14-21(22)23/h2-15,18,23H,16-17H2,1H3/t18-,23+/m1/s1. The summed E-state index contributed by atoms with van der Waals surface area (Å²) in [6.07, 6.45) is 0.559. The SMILES string of the molecule is C[C@H](c1ccccc1)N(Cc1ccccc1)[C@H]1CC(=O)c2ccccc21. The van der Waals surface area contributed by atoms with Gasteiger partial charge in [0, 0.05) is 30.6 Å². The maximum Gasteiger partial charge on any atom is 0.165 e. The van der Waals surface area contributed by atoms with Gasteiger partial charge < -0.3 is 0 Å². The molecule has 1 aliphatic carbocycles. The van der Waals surface area contributed by atoms with Gasteiger partial charge in [-0.1, -0.05) is 84.9 Å². The Morgan fingerprint density at radius 2 is 1.50 bits per heavy atom. The molecular formula is C24H23NO. The molecule has 0 saturated heterocycles. The Bertz CT molecular complexity index is 888. The number of Topliss-reactive ketones (excluding diaryl/α,β-unsaturated/α-hetero) is 1. The minimum absolute atomic E-state index is 0.120. The second-order valence-electron chi connectivity index (χ2n) is 6.97. The van der Waals surface area contributed by atoms with Crippen molar-refractivity contribution < 1.29 is 4.79 Å². The predicted molar refractivity (Wildman–Crippen MR) is 105 cm³/mol. The van der Waals surface area contributed by atoms with Gasteiger partial charge in [0.2, 0.25) is 0 Å². The second kappa shape index (κ2) is 7.27. The van der Waals surface area contributed by atoms with Crippen molar-refractivity contribution in [3.05, 3.63) is 107 Å². The number of hydrogen-bond donors (Lipinski definition) is 0. The van der Waals surface area contributed by atoms with Crippen LogP contribution in [0.4, 0.5) is 0 Å². The van der Waals surface area contributed by atoms with Crippen LogP contribution in [0.2, 0.25) is 0 Å². The highest BCUT2D eigenvalue weighted by Gasteiger charge is 2.35. The van der Waals surface area contributed by atoms with Crippen LogP contribution in [-0.4, -0.2) is 10.7 Å². The topological polar surface area (TPSA) is 20.3 Å². The molecule has 26 heavy (non-hydrogen) atoms. The monoisotopic (exact) mass is 341 g/mol. The van der Waals surface area contributed by atoms with Gasteiger partial charge in [0.25, 0.3) is 0 Å². The molecule has 0 N–H and O–H groups in total. The molecule has 0 fully saturated rings. The first-order valence-electron chi connectivity index (χ1n) is 9.21. The van der Waals surface area contributed by atoms with Crippen molar-refractivity contribution in [3.63, 3.8) is 0 Å². The van der Waals surface area contributed by atoms with Crippen LogP contribution < -0.4 is 0 Å². The first-order chi connectivity index (χ1) is 12.7. The lowest BCUT2D eigenvalue weighted by atomic mass is 10.00. The van der Waals surface area contributed by atoms with E-state index in [1.54, 1.807) is 0 Å². The summed E-state index contributed by atoms with van der Waals surface area (Å²) in [5.74, 6) is 0.254. The van der Waals surface area contributed by atoms with E-state index < -0.39 is 0 Å². The smallest absolute Gasteiger partial charge is 0.165 e. The van der Waals surface area contributed by atoms with Crippen LogP contribution >= 0.6 is 0 Å². The number of fused-ring (bicyclic) bond motifs is 1. The zero-order valence-electron chi connectivity index (χ0n) is 15.0. The van der Waals surface area contributed by atoms with Crippen molar-refractivity contribution in [1.29, 1.82) is 0 Å². The summed E-state index contributed by atoms with van der Waals surface area (Å²) in [6.45, 7) is 3.06. The highest BCUT2D eigenvalue weighted by atomic mass is 16.1. The predicted octanol–water partition coefficient (Wildman–Crippen LogP) is 5.58. The molecule has 0 amide bonds. The molecule has 3 aromatic carbocycles. The van der Waals surface area contributed by atoms with Crippen molar-refractivity contribution >= 4 is 5.78 Å². The maximum absolute atomic E-state index is 12.6. The molecule has 130 valence electrons. The van der Waals surface area contributed by atoms with Gasteiger partial charge in [-0.15, -0.1) is 0 Å². The fourth-order valence-electron chi connectivity index (χ4n) is 3.97. The van der Waals surface area contributed by atoms with Gasteiger partial charge in [-0.05, 0) is 23.6 Å². The fourth-order valence-corrected chi connectivity index (χ4v) is 3.97. The second-order valence-corrected chi connectivity index (χ2v) is 6.97. The summed E-state index contributed by atoms with van der Waals surface area (Å²) in [4.78, 5) is 15.0. The van der Waals surface area contributed by atoms with Crippen LogP contribution in [0, 0.1) is 0 Å². The Morgan fingerprint density at radius 3 is 2.23 bits per heavy atom. The number of rotatable bonds is 5. The molecule has 0 spiro atoms. The highest BCUT2D eigenvalue weighted by molar-refractivity contribution is 6.01. The molecule has 0 bridgehead atoms. The Labute approximate surface area is 155 Å². The number of hydrogen-bond acceptors (Lipinski definition) is 2. The zero-order valence-corrected chi connectivity index (χ0v) is 15.0. The van der Waals surface area contributed by atoms with E-state index in [4.69, 9.17) is 0 Å². The summed E-state index contributed by atoms with van der Waals surface area (Å²) >= 11 is 0. The molecule has 2 nitrogen and oxygen atoms in total. The van der Waals surface area contributed by atoms with Crippen LogP contribution in [0.1, 0.15) is 52.5 Å². The average molecular weight is 341 g/mol. The van der Waals surface area contributed by atoms with Gasteiger partial charge in [0.15, 0.2) is 5.78 Å². The van der Waals surface area contributed by atoms with Crippen molar-refractivity contribution in [2.75, 3.05) is 0 Å². The van der Waals surface area contributed by atoms with Crippen LogP contribution in [0.15, 0.2) is 84.9 Å². The minimum atomic E-state index is 0.120. The van der Waals surface area contributed by atoms with Crippen molar-refractivity contribution in [2.45, 2.75) is 32.0 Å². The third-order valence-corrected chi connectivity index (χ3v) is 5.39. The third kappa shape index (κ3) is 3.21. The van der Waals surface area contributed by atoms with Gasteiger partial charge >= 0.3 is 0 Å². The highest BCUT2D eigenvalue weighted by Crippen LogP contribution is 2.40. The number of nitrogens with zero attached hydrogens (tertiary/aromatic N) is 1. The first-order valence-corrected chi connectivity index (χ1v) is 9.21. The van der Waals surface area contributed by atoms with E-state index in [1.807, 2.05) is 30.3 Å². The van der Waals surface area contributed by atoms with E-state index in [9.17, 15) is 4.79 Å². The molecule has 0 saturated carbocycles. The Hall–Kier alpha value is -2.71. The van der Waals surface area contributed by atoms with E-state index in [-0.39, 0.29) is 17.9 Å². The van der Waals surface area contributed by atoms with Gasteiger partial charge in [-0.3, -0.25) is 9.69 Å². The van der Waals surface area contributed by atoms with E-state index in [1.165, 1.54) is 11.1 Å². The van der Waals surface area contributed by atoms with E-state index in [0.29, 0.717) is 6.42 Å². The van der Waals surface area contributed by atoms with E-state index in [0.717, 1.165) is 17.7 Å². The van der Waals surface area contributed by atoms with Crippen LogP contribution in [-0.2, 0) is 6.54 Å². The van der Waals surface area contributed by atoms with Crippen LogP contribution in [0.5, 0.6) is 0 Å². The molecule has 0 aliphatic heterocycles. The summed E-state index contributed by atoms with van der Waals surface area (Å²) in [5.41, 5.74) is 4.60. The summed E-state index contributed by atoms with van der Waals surface area (Å²) in [5, 5.41) is 0. The fraction of sp³-hybridized carbons (Fsp3) is 0.208. The largest absolute Gasteiger partial charge is 0.294 e. The summed E-state index contributed by atoms with van der Waals surface area (Å²) < 4.78 is 0. The molecule has 4 rings (SSSR count). The van der Waals surface area contributed by atoms with Crippen molar-refractivity contribution in [2.24, 2.45) is 0 Å². The molecule has 2 heteroatoms. The van der Waals surface area contributed by atoms with Gasteiger partial charge in [-0.25, -0.2) is 0 Å². The lowest BCUT2D eigenvalue weighted by Crippen LogP contribution is -2.30. The quantitative estimate of drug-likeness (QED) is 0.604. The maximum atomic E-state index is 12.6. The Kier molecular flexibility index (Phi) is 4.68. The summed E-state index contributed by atoms with van der Waals surface area (Å²) in [7, 11) is 0. The van der Waals surface area contributed by atoms with Crippen molar-refractivity contribution in [3.8, 4) is 0 Å². The average Bonchev–Trinajstić information content (AvgIpc) is 3.04. The van der Waals surface area contributed by atoms with Gasteiger partial charge in [0.1, 0.15) is 0 Å². The lowest BCUT2D eigenvalue weighted by molar-refractivity contribution is 0.0904. The van der Waals surface area contributed by atoms with E-state index in [2.05, 4.69) is 66.4 Å². The molecule has 0 aromatic heterocycles. The summed E-state index contributed by atoms with van der Waals surface area (Å²) in [6, 6.07) is 29.5. The van der Waals surface area contributed by atoms with Gasteiger partial charge in [-0.2, -0.15) is 0 Å². The number of carbonyl (C=O) groups is 1. The Morgan fingerprint density at radius 1 is 0.885 bits per heavy atom. The normalized spacial score (nSPS) is 17.3. The first kappa shape index (κ1) is 16.7. The molecule has 3 aromatic rings. The zero-order chi connectivity index (χ0) is 17.9. The van der Waals surface area contributed by atoms with Crippen LogP contribution in [0.25, 0.3) is 0 Å². The van der Waals surface area contributed by atoms with Crippen molar-refractivity contribution in [1.82, 2.24) is 4.90 Å². The molecule has 1 aliphatic rings. The minimum Gasteiger partial charge on any atom is -0.294 e. The lowest BCUT2D eigenvalue weighted by Gasteiger charge is -2.35. The van der Waals surface area contributed by atoms with Crippen LogP contribution in [0.3, 0.4) is 0 Å². The third-order valence-electron chi connectivity index (χ3n) is 5.39. The molecule has 0 radical (unpaired) electrons. The van der Waals surface area contributed by atoms with Gasteiger partial charge in [0.05, 0.1) is 0 Å². The molecule has 2 atom stereocenters. The molecule has 0 heterocycles. The number of benzene rings is 3. The number of ketones is 1. The van der Waals surface area contributed by atoms with E-state index >= 15 is 0 Å². The molecular weight excluding hydrogens is 318 g/mol. The molecule has 0 unspecified atom stereocenters.